The van der Waals surface area contributed by atoms with Crippen molar-refractivity contribution < 1.29 is 14.6 Å². The average Bonchev–Trinajstić information content (AvgIpc) is 2.43. The first kappa shape index (κ1) is 16.4. The van der Waals surface area contributed by atoms with Crippen LogP contribution in [0.2, 0.25) is 0 Å². The molecule has 0 aromatic rings. The van der Waals surface area contributed by atoms with Gasteiger partial charge in [-0.1, -0.05) is 6.92 Å². The highest BCUT2D eigenvalue weighted by Gasteiger charge is 2.38. The van der Waals surface area contributed by atoms with Crippen molar-refractivity contribution >= 4 is 5.91 Å². The molecule has 1 aliphatic heterocycles. The van der Waals surface area contributed by atoms with Gasteiger partial charge in [-0.3, -0.25) is 4.79 Å². The summed E-state index contributed by atoms with van der Waals surface area (Å²) in [4.78, 5) is 12.4. The van der Waals surface area contributed by atoms with Crippen molar-refractivity contribution in [2.45, 2.75) is 45.1 Å². The molecular weight excluding hydrogens is 244 g/mol. The fraction of sp³-hybridized carbons (Fsp3) is 0.929. The molecule has 1 aliphatic rings. The lowest BCUT2D eigenvalue weighted by atomic mass is 9.75. The van der Waals surface area contributed by atoms with Gasteiger partial charge in [-0.15, -0.1) is 0 Å². The SMILES string of the molecule is CCC1(C(=O)NCC(C)(O)CCOC)CCNCC1. The molecule has 0 aliphatic carbocycles. The molecule has 0 radical (unpaired) electrons. The molecule has 0 bridgehead atoms. The lowest BCUT2D eigenvalue weighted by Crippen LogP contribution is -2.50. The van der Waals surface area contributed by atoms with E-state index in [1.54, 1.807) is 14.0 Å². The van der Waals surface area contributed by atoms with Crippen LogP contribution in [0.4, 0.5) is 0 Å². The molecule has 1 heterocycles. The van der Waals surface area contributed by atoms with E-state index in [0.29, 0.717) is 13.0 Å². The molecule has 0 aromatic carbocycles. The van der Waals surface area contributed by atoms with E-state index in [2.05, 4.69) is 17.6 Å². The Bertz CT molecular complexity index is 286. The van der Waals surface area contributed by atoms with Crippen molar-refractivity contribution in [1.82, 2.24) is 10.6 Å². The van der Waals surface area contributed by atoms with E-state index in [-0.39, 0.29) is 17.9 Å². The Morgan fingerprint density at radius 2 is 2.11 bits per heavy atom. The van der Waals surface area contributed by atoms with Crippen LogP contribution >= 0.6 is 0 Å². The van der Waals surface area contributed by atoms with E-state index in [9.17, 15) is 9.90 Å². The van der Waals surface area contributed by atoms with Gasteiger partial charge in [-0.25, -0.2) is 0 Å². The van der Waals surface area contributed by atoms with Gasteiger partial charge >= 0.3 is 0 Å². The molecule has 19 heavy (non-hydrogen) atoms. The van der Waals surface area contributed by atoms with Crippen LogP contribution < -0.4 is 10.6 Å². The number of hydrogen-bond acceptors (Lipinski definition) is 4. The van der Waals surface area contributed by atoms with Gasteiger partial charge in [-0.05, 0) is 39.3 Å². The smallest absolute Gasteiger partial charge is 0.226 e. The predicted octanol–water partition coefficient (Wildman–Crippen LogP) is 0.670. The second-order valence-electron chi connectivity index (χ2n) is 5.81. The topological polar surface area (TPSA) is 70.6 Å². The summed E-state index contributed by atoms with van der Waals surface area (Å²) in [6.45, 7) is 6.35. The van der Waals surface area contributed by atoms with E-state index in [4.69, 9.17) is 4.74 Å². The van der Waals surface area contributed by atoms with Crippen molar-refractivity contribution in [3.8, 4) is 0 Å². The molecule has 112 valence electrons. The second kappa shape index (κ2) is 7.22. The van der Waals surface area contributed by atoms with Gasteiger partial charge in [0, 0.05) is 26.7 Å². The average molecular weight is 272 g/mol. The highest BCUT2D eigenvalue weighted by molar-refractivity contribution is 5.82. The van der Waals surface area contributed by atoms with Crippen LogP contribution in [0.3, 0.4) is 0 Å². The molecule has 1 unspecified atom stereocenters. The van der Waals surface area contributed by atoms with Gasteiger partial charge in [0.2, 0.25) is 5.91 Å². The maximum atomic E-state index is 12.4. The number of methoxy groups -OCH3 is 1. The summed E-state index contributed by atoms with van der Waals surface area (Å²) in [7, 11) is 1.61. The molecule has 1 atom stereocenters. The highest BCUT2D eigenvalue weighted by atomic mass is 16.5. The van der Waals surface area contributed by atoms with E-state index < -0.39 is 5.60 Å². The van der Waals surface area contributed by atoms with Crippen LogP contribution in [0.1, 0.15) is 39.5 Å². The van der Waals surface area contributed by atoms with Crippen LogP contribution in [0.15, 0.2) is 0 Å². The number of aliphatic hydroxyl groups is 1. The fourth-order valence-corrected chi connectivity index (χ4v) is 2.52. The van der Waals surface area contributed by atoms with Crippen molar-refractivity contribution in [2.24, 2.45) is 5.41 Å². The van der Waals surface area contributed by atoms with Crippen LogP contribution in [0, 0.1) is 5.41 Å². The zero-order valence-corrected chi connectivity index (χ0v) is 12.4. The van der Waals surface area contributed by atoms with Crippen LogP contribution in [-0.2, 0) is 9.53 Å². The first-order valence-electron chi connectivity index (χ1n) is 7.16. The normalized spacial score (nSPS) is 21.7. The minimum Gasteiger partial charge on any atom is -0.388 e. The summed E-state index contributed by atoms with van der Waals surface area (Å²) in [6, 6.07) is 0. The number of carbonyl (C=O) groups excluding carboxylic acids is 1. The Balaban J connectivity index is 2.48. The molecule has 0 spiro atoms. The highest BCUT2D eigenvalue weighted by Crippen LogP contribution is 2.32. The Morgan fingerprint density at radius 1 is 1.47 bits per heavy atom. The third kappa shape index (κ3) is 4.75. The summed E-state index contributed by atoms with van der Waals surface area (Å²) < 4.78 is 4.96. The van der Waals surface area contributed by atoms with Gasteiger partial charge in [0.15, 0.2) is 0 Å². The summed E-state index contributed by atoms with van der Waals surface area (Å²) in [6.07, 6.45) is 3.11. The maximum Gasteiger partial charge on any atom is 0.226 e. The standard InChI is InChI=1S/C14H28N2O3/c1-4-14(5-8-15-9-6-14)12(17)16-11-13(2,18)7-10-19-3/h15,18H,4-11H2,1-3H3,(H,16,17). The van der Waals surface area contributed by atoms with Crippen molar-refractivity contribution in [2.75, 3.05) is 33.4 Å². The lowest BCUT2D eigenvalue weighted by molar-refractivity contribution is -0.134. The summed E-state index contributed by atoms with van der Waals surface area (Å²) in [5.41, 5.74) is -1.17. The Kier molecular flexibility index (Phi) is 6.23. The predicted molar refractivity (Wildman–Crippen MR) is 75.0 cm³/mol. The number of nitrogens with one attached hydrogen (secondary N) is 2. The van der Waals surface area contributed by atoms with Gasteiger partial charge < -0.3 is 20.5 Å². The van der Waals surface area contributed by atoms with Gasteiger partial charge in [0.25, 0.3) is 0 Å². The largest absolute Gasteiger partial charge is 0.388 e. The van der Waals surface area contributed by atoms with E-state index in [1.165, 1.54) is 0 Å². The number of hydrogen-bond donors (Lipinski definition) is 3. The first-order valence-corrected chi connectivity index (χ1v) is 7.16. The Labute approximate surface area is 116 Å². The quantitative estimate of drug-likeness (QED) is 0.637. The molecule has 0 saturated carbocycles. The number of rotatable bonds is 7. The summed E-state index contributed by atoms with van der Waals surface area (Å²) >= 11 is 0. The van der Waals surface area contributed by atoms with Crippen molar-refractivity contribution in [1.29, 1.82) is 0 Å². The molecule has 0 aromatic heterocycles. The molecule has 5 heteroatoms. The molecule has 1 fully saturated rings. The van der Waals surface area contributed by atoms with E-state index >= 15 is 0 Å². The number of amides is 1. The summed E-state index contributed by atoms with van der Waals surface area (Å²) in [5, 5.41) is 16.3. The first-order chi connectivity index (χ1) is 8.96. The monoisotopic (exact) mass is 272 g/mol. The van der Waals surface area contributed by atoms with Gasteiger partial charge in [-0.2, -0.15) is 0 Å². The maximum absolute atomic E-state index is 12.4. The third-order valence-electron chi connectivity index (χ3n) is 4.19. The summed E-state index contributed by atoms with van der Waals surface area (Å²) in [5.74, 6) is 0.0780. The Hall–Kier alpha value is -0.650. The molecular formula is C14H28N2O3. The van der Waals surface area contributed by atoms with E-state index in [1.807, 2.05) is 0 Å². The van der Waals surface area contributed by atoms with Crippen molar-refractivity contribution in [3.63, 3.8) is 0 Å². The zero-order valence-electron chi connectivity index (χ0n) is 12.4. The molecule has 3 N–H and O–H groups in total. The zero-order chi connectivity index (χ0) is 14.4. The molecule has 1 amide bonds. The number of ether oxygens (including phenoxy) is 1. The number of piperidine rings is 1. The van der Waals surface area contributed by atoms with Crippen LogP contribution in [-0.4, -0.2) is 50.0 Å². The van der Waals surface area contributed by atoms with Crippen LogP contribution in [0.5, 0.6) is 0 Å². The number of carbonyl (C=O) groups is 1. The second-order valence-corrected chi connectivity index (χ2v) is 5.81. The van der Waals surface area contributed by atoms with Gasteiger partial charge in [0.05, 0.1) is 11.0 Å². The van der Waals surface area contributed by atoms with Crippen LogP contribution in [0.25, 0.3) is 0 Å². The molecule has 1 saturated heterocycles. The minimum absolute atomic E-state index is 0.0780. The van der Waals surface area contributed by atoms with Crippen molar-refractivity contribution in [3.05, 3.63) is 0 Å². The fourth-order valence-electron chi connectivity index (χ4n) is 2.52. The third-order valence-corrected chi connectivity index (χ3v) is 4.19. The Morgan fingerprint density at radius 3 is 2.63 bits per heavy atom. The van der Waals surface area contributed by atoms with Gasteiger partial charge in [0.1, 0.15) is 0 Å². The molecule has 1 rings (SSSR count). The molecule has 5 nitrogen and oxygen atoms in total. The minimum atomic E-state index is -0.909. The van der Waals surface area contributed by atoms with E-state index in [0.717, 1.165) is 32.4 Å². The lowest BCUT2D eigenvalue weighted by Gasteiger charge is -2.36.